The van der Waals surface area contributed by atoms with Gasteiger partial charge in [0.15, 0.2) is 11.7 Å². The molecule has 226 valence electrons. The second kappa shape index (κ2) is 11.2. The fraction of sp³-hybridized carbons (Fsp3) is 0.167. The van der Waals surface area contributed by atoms with E-state index < -0.39 is 5.41 Å². The summed E-state index contributed by atoms with van der Waals surface area (Å²) >= 11 is 0. The second-order valence-electron chi connectivity index (χ2n) is 12.6. The fourth-order valence-electron chi connectivity index (χ4n) is 7.70. The maximum atomic E-state index is 6.99. The van der Waals surface area contributed by atoms with E-state index in [0.29, 0.717) is 6.42 Å². The number of benzene rings is 5. The largest absolute Gasteiger partial charge is 0.440 e. The summed E-state index contributed by atoms with van der Waals surface area (Å²) in [5, 5.41) is 0. The van der Waals surface area contributed by atoms with E-state index in [0.717, 1.165) is 36.1 Å². The molecule has 0 amide bonds. The Morgan fingerprint density at radius 2 is 1.28 bits per heavy atom. The summed E-state index contributed by atoms with van der Waals surface area (Å²) in [4.78, 5) is 10.1. The van der Waals surface area contributed by atoms with Crippen LogP contribution in [0.25, 0.3) is 22.5 Å². The van der Waals surface area contributed by atoms with E-state index in [4.69, 9.17) is 9.40 Å². The highest BCUT2D eigenvalue weighted by Gasteiger charge is 2.50. The van der Waals surface area contributed by atoms with Crippen molar-refractivity contribution in [1.29, 1.82) is 0 Å². The van der Waals surface area contributed by atoms with Gasteiger partial charge >= 0.3 is 0 Å². The molecule has 5 aromatic carbocycles. The minimum absolute atomic E-state index is 0.632. The van der Waals surface area contributed by atoms with E-state index in [1.165, 1.54) is 50.2 Å². The Balaban J connectivity index is 1.30. The lowest BCUT2D eigenvalue weighted by molar-refractivity contribution is 0.385. The van der Waals surface area contributed by atoms with Gasteiger partial charge in [-0.25, -0.2) is 4.98 Å². The van der Waals surface area contributed by atoms with Crippen LogP contribution in [0.4, 0.5) is 5.69 Å². The first-order chi connectivity index (χ1) is 22.5. The van der Waals surface area contributed by atoms with Crippen molar-refractivity contribution in [2.75, 3.05) is 18.1 Å². The number of hydrogen-bond acceptors (Lipinski definition) is 4. The van der Waals surface area contributed by atoms with E-state index in [1.54, 1.807) is 0 Å². The topological polar surface area (TPSA) is 32.5 Å². The van der Waals surface area contributed by atoms with E-state index in [-0.39, 0.29) is 0 Å². The van der Waals surface area contributed by atoms with Gasteiger partial charge in [0.1, 0.15) is 5.69 Å². The minimum Gasteiger partial charge on any atom is -0.440 e. The van der Waals surface area contributed by atoms with Gasteiger partial charge < -0.3 is 14.2 Å². The van der Waals surface area contributed by atoms with Gasteiger partial charge in [0, 0.05) is 36.6 Å². The summed E-state index contributed by atoms with van der Waals surface area (Å²) in [6, 6.07) is 43.6. The van der Waals surface area contributed by atoms with Gasteiger partial charge in [-0.15, -0.1) is 0 Å². The maximum absolute atomic E-state index is 6.99. The summed E-state index contributed by atoms with van der Waals surface area (Å²) in [6.07, 6.45) is 5.01. The Kier molecular flexibility index (Phi) is 6.87. The number of para-hydroxylation sites is 1. The van der Waals surface area contributed by atoms with E-state index in [9.17, 15) is 0 Å². The van der Waals surface area contributed by atoms with Crippen LogP contribution in [0.2, 0.25) is 0 Å². The molecule has 0 saturated carbocycles. The summed E-state index contributed by atoms with van der Waals surface area (Å²) < 4.78 is 6.99. The van der Waals surface area contributed by atoms with Crippen LogP contribution in [0.1, 0.15) is 45.0 Å². The second-order valence-corrected chi connectivity index (χ2v) is 12.6. The normalized spacial score (nSPS) is 14.5. The molecule has 0 spiro atoms. The van der Waals surface area contributed by atoms with Crippen LogP contribution in [0.3, 0.4) is 0 Å². The Bertz CT molecular complexity index is 2010. The van der Waals surface area contributed by atoms with Gasteiger partial charge in [-0.3, -0.25) is 0 Å². The fourth-order valence-corrected chi connectivity index (χ4v) is 7.70. The van der Waals surface area contributed by atoms with Crippen molar-refractivity contribution in [3.05, 3.63) is 179 Å². The lowest BCUT2D eigenvalue weighted by Gasteiger charge is -2.32. The number of anilines is 1. The molecule has 0 radical (unpaired) electrons. The SMILES string of the molecule is Cc1cc(C)c(-c2oc(CCN3C=CN(c4ccccc4)C3)nc2C2(c3ccccc3)c3ccccc3-c3ccccc32)c(C)c1. The highest BCUT2D eigenvalue weighted by atomic mass is 16.4. The third kappa shape index (κ3) is 4.47. The van der Waals surface area contributed by atoms with Gasteiger partial charge in [0.05, 0.1) is 12.1 Å². The predicted octanol–water partition coefficient (Wildman–Crippen LogP) is 9.42. The van der Waals surface area contributed by atoms with Crippen LogP contribution in [0.5, 0.6) is 0 Å². The summed E-state index contributed by atoms with van der Waals surface area (Å²) in [5.74, 6) is 1.62. The smallest absolute Gasteiger partial charge is 0.197 e. The number of fused-ring (bicyclic) bond motifs is 3. The lowest BCUT2D eigenvalue weighted by atomic mass is 9.69. The van der Waals surface area contributed by atoms with Gasteiger partial charge in [-0.05, 0) is 71.8 Å². The number of hydrogen-bond donors (Lipinski definition) is 0. The Hall–Kier alpha value is -5.35. The summed E-state index contributed by atoms with van der Waals surface area (Å²) in [6.45, 7) is 8.15. The molecule has 4 heteroatoms. The molecule has 4 nitrogen and oxygen atoms in total. The standard InChI is InChI=1S/C42H37N3O/c1-29-26-30(2)39(31(3)27-29)40-41(43-38(46-40)22-23-44-24-25-45(28-44)33-16-8-5-9-17-33)42(32-14-6-4-7-15-32)36-20-12-10-18-34(36)35-19-11-13-21-37(35)42/h4-21,24-27H,22-23,28H2,1-3H3. The van der Waals surface area contributed by atoms with Crippen molar-refractivity contribution >= 4 is 5.69 Å². The van der Waals surface area contributed by atoms with Gasteiger partial charge in [0.2, 0.25) is 0 Å². The van der Waals surface area contributed by atoms with Crippen LogP contribution in [0, 0.1) is 20.8 Å². The number of nitrogens with zero attached hydrogens (tertiary/aromatic N) is 3. The molecule has 0 fully saturated rings. The number of rotatable bonds is 7. The average Bonchev–Trinajstić information content (AvgIpc) is 3.80. The summed E-state index contributed by atoms with van der Waals surface area (Å²) in [7, 11) is 0. The molecule has 2 aliphatic rings. The highest BCUT2D eigenvalue weighted by molar-refractivity contribution is 5.88. The monoisotopic (exact) mass is 599 g/mol. The molecule has 46 heavy (non-hydrogen) atoms. The van der Waals surface area contributed by atoms with Crippen molar-refractivity contribution in [2.45, 2.75) is 32.6 Å². The Labute approximate surface area is 271 Å². The molecule has 1 aliphatic heterocycles. The first-order valence-electron chi connectivity index (χ1n) is 16.1. The van der Waals surface area contributed by atoms with Crippen molar-refractivity contribution in [1.82, 2.24) is 9.88 Å². The van der Waals surface area contributed by atoms with E-state index >= 15 is 0 Å². The van der Waals surface area contributed by atoms with Crippen molar-refractivity contribution in [2.24, 2.45) is 0 Å². The predicted molar refractivity (Wildman–Crippen MR) is 187 cm³/mol. The Morgan fingerprint density at radius 3 is 1.93 bits per heavy atom. The van der Waals surface area contributed by atoms with Crippen molar-refractivity contribution < 1.29 is 4.42 Å². The van der Waals surface area contributed by atoms with Gasteiger partial charge in [-0.1, -0.05) is 115 Å². The average molecular weight is 600 g/mol. The quantitative estimate of drug-likeness (QED) is 0.183. The Morgan fingerprint density at radius 1 is 0.696 bits per heavy atom. The zero-order valence-corrected chi connectivity index (χ0v) is 26.6. The third-order valence-corrected chi connectivity index (χ3v) is 9.58. The first-order valence-corrected chi connectivity index (χ1v) is 16.1. The molecular formula is C42H37N3O. The molecule has 0 atom stereocenters. The number of aromatic nitrogens is 1. The number of aryl methyl sites for hydroxylation is 3. The van der Waals surface area contributed by atoms with E-state index in [1.807, 2.05) is 0 Å². The highest BCUT2D eigenvalue weighted by Crippen LogP contribution is 2.57. The van der Waals surface area contributed by atoms with Crippen LogP contribution in [-0.2, 0) is 11.8 Å². The van der Waals surface area contributed by atoms with Gasteiger partial charge in [-0.2, -0.15) is 0 Å². The zero-order chi connectivity index (χ0) is 31.3. The first kappa shape index (κ1) is 28.1. The van der Waals surface area contributed by atoms with Crippen LogP contribution in [-0.4, -0.2) is 23.1 Å². The zero-order valence-electron chi connectivity index (χ0n) is 26.6. The van der Waals surface area contributed by atoms with Crippen LogP contribution < -0.4 is 4.90 Å². The molecule has 8 rings (SSSR count). The van der Waals surface area contributed by atoms with Crippen molar-refractivity contribution in [3.63, 3.8) is 0 Å². The molecule has 0 saturated heterocycles. The third-order valence-electron chi connectivity index (χ3n) is 9.58. The van der Waals surface area contributed by atoms with Crippen molar-refractivity contribution in [3.8, 4) is 22.5 Å². The van der Waals surface area contributed by atoms with E-state index in [2.05, 4.69) is 164 Å². The lowest BCUT2D eigenvalue weighted by Crippen LogP contribution is -2.30. The number of oxazole rings is 1. The van der Waals surface area contributed by atoms with Crippen LogP contribution in [0.15, 0.2) is 138 Å². The molecule has 1 aliphatic carbocycles. The molecule has 1 aromatic heterocycles. The summed E-state index contributed by atoms with van der Waals surface area (Å²) in [5.41, 5.74) is 12.5. The van der Waals surface area contributed by atoms with Crippen LogP contribution >= 0.6 is 0 Å². The van der Waals surface area contributed by atoms with Gasteiger partial charge in [0.25, 0.3) is 0 Å². The minimum atomic E-state index is -0.632. The molecule has 0 bridgehead atoms. The molecule has 6 aromatic rings. The maximum Gasteiger partial charge on any atom is 0.197 e. The molecule has 2 heterocycles. The molecule has 0 unspecified atom stereocenters. The molecule has 0 N–H and O–H groups in total. The molecular weight excluding hydrogens is 562 g/mol.